The Morgan fingerprint density at radius 2 is 2.04 bits per heavy atom. The predicted molar refractivity (Wildman–Crippen MR) is 82.7 cm³/mol. The minimum atomic E-state index is -4.66. The molecule has 0 radical (unpaired) electrons. The first-order valence-electron chi connectivity index (χ1n) is 7.22. The van der Waals surface area contributed by atoms with E-state index >= 15 is 0 Å². The van der Waals surface area contributed by atoms with E-state index in [0.717, 1.165) is 12.3 Å². The zero-order chi connectivity index (χ0) is 17.9. The summed E-state index contributed by atoms with van der Waals surface area (Å²) in [7, 11) is 0. The smallest absolute Gasteiger partial charge is 0.321 e. The minimum absolute atomic E-state index is 0.179. The van der Waals surface area contributed by atoms with Crippen LogP contribution in [0.25, 0.3) is 0 Å². The Balaban J connectivity index is 2.34. The number of carbonyl (C=O) groups excluding carboxylic acids is 1. The molecular weight excluding hydrogens is 323 g/mol. The summed E-state index contributed by atoms with van der Waals surface area (Å²) in [6, 6.07) is 3.83. The van der Waals surface area contributed by atoms with E-state index < -0.39 is 28.9 Å². The zero-order valence-electron chi connectivity index (χ0n) is 13.1. The van der Waals surface area contributed by atoms with Crippen molar-refractivity contribution in [2.75, 3.05) is 5.32 Å². The second-order valence-electron chi connectivity index (χ2n) is 5.65. The van der Waals surface area contributed by atoms with Crippen LogP contribution < -0.4 is 10.9 Å². The maximum atomic E-state index is 12.9. The summed E-state index contributed by atoms with van der Waals surface area (Å²) in [5.41, 5.74) is -2.28. The minimum Gasteiger partial charge on any atom is -0.321 e. The van der Waals surface area contributed by atoms with E-state index in [9.17, 15) is 22.8 Å². The van der Waals surface area contributed by atoms with Gasteiger partial charge in [-0.15, -0.1) is 0 Å². The number of nitrogens with one attached hydrogen (secondary N) is 1. The number of aromatic nitrogens is 2. The molecule has 0 saturated heterocycles. The van der Waals surface area contributed by atoms with Crippen LogP contribution >= 0.6 is 0 Å². The first-order chi connectivity index (χ1) is 11.2. The van der Waals surface area contributed by atoms with Crippen molar-refractivity contribution in [1.82, 2.24) is 9.55 Å². The zero-order valence-corrected chi connectivity index (χ0v) is 13.1. The molecule has 0 fully saturated rings. The fraction of sp³-hybridized carbons (Fsp3) is 0.312. The number of nitrogens with zero attached hydrogens (tertiary/aromatic N) is 2. The van der Waals surface area contributed by atoms with Gasteiger partial charge in [0, 0.05) is 25.1 Å². The van der Waals surface area contributed by atoms with Crippen LogP contribution in [0.4, 0.5) is 18.9 Å². The van der Waals surface area contributed by atoms with Crippen LogP contribution in [0.1, 0.15) is 29.8 Å². The molecule has 0 bridgehead atoms. The molecule has 1 amide bonds. The van der Waals surface area contributed by atoms with Crippen LogP contribution in [0.2, 0.25) is 0 Å². The average molecular weight is 339 g/mol. The molecular formula is C16H16F3N3O2. The summed E-state index contributed by atoms with van der Waals surface area (Å²) in [5.74, 6) is -0.715. The van der Waals surface area contributed by atoms with Gasteiger partial charge in [-0.05, 0) is 24.1 Å². The highest BCUT2D eigenvalue weighted by Crippen LogP contribution is 2.34. The molecule has 1 N–H and O–H groups in total. The lowest BCUT2D eigenvalue weighted by atomic mass is 10.2. The summed E-state index contributed by atoms with van der Waals surface area (Å²) in [6.07, 6.45) is -1.37. The third-order valence-electron chi connectivity index (χ3n) is 3.20. The molecule has 2 aromatic rings. The van der Waals surface area contributed by atoms with Crippen LogP contribution in [-0.4, -0.2) is 15.5 Å². The summed E-state index contributed by atoms with van der Waals surface area (Å²) in [6.45, 7) is 4.22. The van der Waals surface area contributed by atoms with E-state index in [1.54, 1.807) is 0 Å². The van der Waals surface area contributed by atoms with E-state index in [1.165, 1.54) is 22.9 Å². The molecule has 24 heavy (non-hydrogen) atoms. The van der Waals surface area contributed by atoms with Crippen LogP contribution in [0.3, 0.4) is 0 Å². The van der Waals surface area contributed by atoms with Crippen molar-refractivity contribution in [2.24, 2.45) is 5.92 Å². The van der Waals surface area contributed by atoms with Crippen LogP contribution in [-0.2, 0) is 12.7 Å². The molecule has 0 aromatic carbocycles. The molecule has 0 aliphatic heterocycles. The van der Waals surface area contributed by atoms with Crippen molar-refractivity contribution in [1.29, 1.82) is 0 Å². The molecule has 8 heteroatoms. The number of amides is 1. The molecule has 0 spiro atoms. The Kier molecular flexibility index (Phi) is 5.06. The molecule has 0 aliphatic rings. The Morgan fingerprint density at radius 1 is 1.33 bits per heavy atom. The molecule has 0 atom stereocenters. The number of alkyl halides is 3. The monoisotopic (exact) mass is 339 g/mol. The Labute approximate surface area is 136 Å². The van der Waals surface area contributed by atoms with Crippen LogP contribution in [0, 0.1) is 5.92 Å². The Hall–Kier alpha value is -2.64. The van der Waals surface area contributed by atoms with Gasteiger partial charge >= 0.3 is 6.18 Å². The van der Waals surface area contributed by atoms with E-state index in [2.05, 4.69) is 10.3 Å². The first-order valence-corrected chi connectivity index (χ1v) is 7.22. The molecule has 2 heterocycles. The molecule has 5 nitrogen and oxygen atoms in total. The molecule has 2 aromatic heterocycles. The number of hydrogen-bond acceptors (Lipinski definition) is 3. The van der Waals surface area contributed by atoms with Crippen molar-refractivity contribution in [3.63, 3.8) is 0 Å². The number of anilines is 1. The molecule has 2 rings (SSSR count). The summed E-state index contributed by atoms with van der Waals surface area (Å²) in [5, 5.41) is 2.14. The summed E-state index contributed by atoms with van der Waals surface area (Å²) in [4.78, 5) is 27.9. The number of carbonyl (C=O) groups is 1. The fourth-order valence-electron chi connectivity index (χ4n) is 2.17. The molecule has 128 valence electrons. The lowest BCUT2D eigenvalue weighted by molar-refractivity contribution is -0.137. The van der Waals surface area contributed by atoms with E-state index in [0.29, 0.717) is 12.7 Å². The topological polar surface area (TPSA) is 64.0 Å². The van der Waals surface area contributed by atoms with E-state index in [1.807, 2.05) is 13.8 Å². The van der Waals surface area contributed by atoms with Gasteiger partial charge in [-0.2, -0.15) is 13.2 Å². The number of pyridine rings is 2. The van der Waals surface area contributed by atoms with E-state index in [-0.39, 0.29) is 11.5 Å². The van der Waals surface area contributed by atoms with Gasteiger partial charge in [-0.3, -0.25) is 14.6 Å². The number of hydrogen-bond donors (Lipinski definition) is 1. The van der Waals surface area contributed by atoms with Gasteiger partial charge in [-0.1, -0.05) is 13.8 Å². The van der Waals surface area contributed by atoms with Gasteiger partial charge in [0.25, 0.3) is 11.5 Å². The van der Waals surface area contributed by atoms with Gasteiger partial charge in [-0.25, -0.2) is 0 Å². The van der Waals surface area contributed by atoms with Gasteiger partial charge in [0.15, 0.2) is 0 Å². The molecule has 0 unspecified atom stereocenters. The van der Waals surface area contributed by atoms with Gasteiger partial charge in [0.2, 0.25) is 0 Å². The van der Waals surface area contributed by atoms with Crippen LogP contribution in [0.15, 0.2) is 41.6 Å². The van der Waals surface area contributed by atoms with Gasteiger partial charge in [0.05, 0.1) is 11.3 Å². The maximum Gasteiger partial charge on any atom is 0.419 e. The van der Waals surface area contributed by atoms with Crippen LogP contribution in [0.5, 0.6) is 0 Å². The largest absolute Gasteiger partial charge is 0.419 e. The standard InChI is InChI=1S/C16H16F3N3O2/c1-10(2)9-22-7-3-4-11(15(22)24)14(23)21-13-5-6-20-8-12(13)16(17,18)19/h3-8,10H,9H2,1-2H3,(H,20,21,23). The number of rotatable bonds is 4. The van der Waals surface area contributed by atoms with E-state index in [4.69, 9.17) is 0 Å². The van der Waals surface area contributed by atoms with Crippen molar-refractivity contribution in [3.8, 4) is 0 Å². The second-order valence-corrected chi connectivity index (χ2v) is 5.65. The maximum absolute atomic E-state index is 12.9. The third-order valence-corrected chi connectivity index (χ3v) is 3.20. The lowest BCUT2D eigenvalue weighted by Gasteiger charge is -2.13. The summed E-state index contributed by atoms with van der Waals surface area (Å²) >= 11 is 0. The highest BCUT2D eigenvalue weighted by molar-refractivity contribution is 6.04. The Morgan fingerprint density at radius 3 is 2.67 bits per heavy atom. The Bertz CT molecular complexity index is 798. The van der Waals surface area contributed by atoms with Crippen molar-refractivity contribution in [2.45, 2.75) is 26.6 Å². The fourth-order valence-corrected chi connectivity index (χ4v) is 2.17. The average Bonchev–Trinajstić information content (AvgIpc) is 2.48. The lowest BCUT2D eigenvalue weighted by Crippen LogP contribution is -2.30. The van der Waals surface area contributed by atoms with Gasteiger partial charge in [0.1, 0.15) is 5.56 Å². The molecule has 0 aliphatic carbocycles. The van der Waals surface area contributed by atoms with Crippen molar-refractivity contribution < 1.29 is 18.0 Å². The highest BCUT2D eigenvalue weighted by Gasteiger charge is 2.34. The normalized spacial score (nSPS) is 11.6. The highest BCUT2D eigenvalue weighted by atomic mass is 19.4. The van der Waals surface area contributed by atoms with Crippen molar-refractivity contribution in [3.05, 3.63) is 58.3 Å². The number of halogens is 3. The summed E-state index contributed by atoms with van der Waals surface area (Å²) < 4.78 is 40.2. The second kappa shape index (κ2) is 6.86. The third kappa shape index (κ3) is 4.01. The van der Waals surface area contributed by atoms with Crippen molar-refractivity contribution >= 4 is 11.6 Å². The first kappa shape index (κ1) is 17.7. The predicted octanol–water partition coefficient (Wildman–Crippen LogP) is 3.17. The quantitative estimate of drug-likeness (QED) is 0.930. The molecule has 0 saturated carbocycles. The van der Waals surface area contributed by atoms with Gasteiger partial charge < -0.3 is 9.88 Å². The SMILES string of the molecule is CC(C)Cn1cccc(C(=O)Nc2ccncc2C(F)(F)F)c1=O.